The SMILES string of the molecule is CC(C)C1=C(C(=O)Cc2cccc(OCCF)c2)C=CCC1. The second-order valence-corrected chi connectivity index (χ2v) is 5.82. The molecule has 0 unspecified atom stereocenters. The van der Waals surface area contributed by atoms with Crippen LogP contribution in [-0.2, 0) is 11.2 Å². The van der Waals surface area contributed by atoms with Gasteiger partial charge in [-0.1, -0.05) is 43.7 Å². The first-order valence-electron chi connectivity index (χ1n) is 7.82. The van der Waals surface area contributed by atoms with Crippen LogP contribution in [0.2, 0.25) is 0 Å². The summed E-state index contributed by atoms with van der Waals surface area (Å²) in [7, 11) is 0. The fraction of sp³-hybridized carbons (Fsp3) is 0.421. The highest BCUT2D eigenvalue weighted by Gasteiger charge is 2.18. The van der Waals surface area contributed by atoms with E-state index in [-0.39, 0.29) is 12.4 Å². The molecule has 0 fully saturated rings. The minimum Gasteiger partial charge on any atom is -0.491 e. The topological polar surface area (TPSA) is 26.3 Å². The second-order valence-electron chi connectivity index (χ2n) is 5.82. The van der Waals surface area contributed by atoms with Crippen molar-refractivity contribution in [2.75, 3.05) is 13.3 Å². The predicted octanol–water partition coefficient (Wildman–Crippen LogP) is 4.45. The van der Waals surface area contributed by atoms with E-state index in [1.165, 1.54) is 5.57 Å². The van der Waals surface area contributed by atoms with E-state index in [0.717, 1.165) is 24.0 Å². The molecule has 22 heavy (non-hydrogen) atoms. The van der Waals surface area contributed by atoms with Gasteiger partial charge in [-0.2, -0.15) is 0 Å². The van der Waals surface area contributed by atoms with Crippen LogP contribution in [0.4, 0.5) is 4.39 Å². The van der Waals surface area contributed by atoms with Crippen LogP contribution in [0, 0.1) is 5.92 Å². The molecule has 0 heterocycles. The quantitative estimate of drug-likeness (QED) is 0.744. The molecule has 2 rings (SSSR count). The molecule has 0 atom stereocenters. The standard InChI is InChI=1S/C19H23FO2/c1-14(2)17-8-3-4-9-18(17)19(21)13-15-6-5-7-16(12-15)22-11-10-20/h4-7,9,12,14H,3,8,10-11,13H2,1-2H3. The Morgan fingerprint density at radius 1 is 1.36 bits per heavy atom. The molecule has 118 valence electrons. The molecule has 1 aromatic carbocycles. The molecule has 0 saturated heterocycles. The van der Waals surface area contributed by atoms with Crippen molar-refractivity contribution in [2.45, 2.75) is 33.1 Å². The monoisotopic (exact) mass is 302 g/mol. The van der Waals surface area contributed by atoms with Gasteiger partial charge in [0.15, 0.2) is 5.78 Å². The molecule has 3 heteroatoms. The van der Waals surface area contributed by atoms with Crippen LogP contribution < -0.4 is 4.74 Å². The van der Waals surface area contributed by atoms with Gasteiger partial charge >= 0.3 is 0 Å². The molecule has 0 spiro atoms. The van der Waals surface area contributed by atoms with Gasteiger partial charge < -0.3 is 4.74 Å². The molecule has 1 aliphatic rings. The number of rotatable bonds is 7. The van der Waals surface area contributed by atoms with Crippen molar-refractivity contribution in [3.63, 3.8) is 0 Å². The molecular weight excluding hydrogens is 279 g/mol. The molecule has 1 aliphatic carbocycles. The molecule has 0 bridgehead atoms. The number of alkyl halides is 1. The number of hydrogen-bond acceptors (Lipinski definition) is 2. The van der Waals surface area contributed by atoms with E-state index in [1.54, 1.807) is 6.07 Å². The van der Waals surface area contributed by atoms with E-state index >= 15 is 0 Å². The maximum Gasteiger partial charge on any atom is 0.167 e. The van der Waals surface area contributed by atoms with Crippen LogP contribution in [0.5, 0.6) is 5.75 Å². The Morgan fingerprint density at radius 2 is 2.18 bits per heavy atom. The average molecular weight is 302 g/mol. The maximum absolute atomic E-state index is 12.6. The Hall–Kier alpha value is -1.90. The molecular formula is C19H23FO2. The Morgan fingerprint density at radius 3 is 2.91 bits per heavy atom. The normalized spacial score (nSPS) is 14.5. The Bertz CT molecular complexity index is 585. The molecule has 0 radical (unpaired) electrons. The zero-order valence-corrected chi connectivity index (χ0v) is 13.3. The Labute approximate surface area is 131 Å². The van der Waals surface area contributed by atoms with E-state index in [2.05, 4.69) is 19.9 Å². The van der Waals surface area contributed by atoms with Crippen LogP contribution in [0.1, 0.15) is 32.3 Å². The lowest BCUT2D eigenvalue weighted by Crippen LogP contribution is -2.12. The zero-order valence-electron chi connectivity index (χ0n) is 13.3. The first-order chi connectivity index (χ1) is 10.6. The first kappa shape index (κ1) is 16.5. The van der Waals surface area contributed by atoms with Crippen LogP contribution in [0.25, 0.3) is 0 Å². The summed E-state index contributed by atoms with van der Waals surface area (Å²) in [5.41, 5.74) is 3.00. The third-order valence-corrected chi connectivity index (χ3v) is 3.82. The van der Waals surface area contributed by atoms with E-state index < -0.39 is 6.67 Å². The number of carbonyl (C=O) groups is 1. The smallest absolute Gasteiger partial charge is 0.167 e. The van der Waals surface area contributed by atoms with Gasteiger partial charge in [0.25, 0.3) is 0 Å². The minimum absolute atomic E-state index is 0.0444. The van der Waals surface area contributed by atoms with Gasteiger partial charge in [0.1, 0.15) is 19.0 Å². The largest absolute Gasteiger partial charge is 0.491 e. The van der Waals surface area contributed by atoms with E-state index in [9.17, 15) is 9.18 Å². The third-order valence-electron chi connectivity index (χ3n) is 3.82. The van der Waals surface area contributed by atoms with Crippen LogP contribution in [-0.4, -0.2) is 19.1 Å². The summed E-state index contributed by atoms with van der Waals surface area (Å²) in [6.45, 7) is 3.79. The molecule has 0 N–H and O–H groups in total. The highest BCUT2D eigenvalue weighted by atomic mass is 19.1. The van der Waals surface area contributed by atoms with Gasteiger partial charge in [0.05, 0.1) is 0 Å². The van der Waals surface area contributed by atoms with Crippen molar-refractivity contribution in [1.29, 1.82) is 0 Å². The van der Waals surface area contributed by atoms with Crippen molar-refractivity contribution in [3.05, 3.63) is 53.1 Å². The fourth-order valence-corrected chi connectivity index (χ4v) is 2.74. The van der Waals surface area contributed by atoms with Gasteiger partial charge in [-0.25, -0.2) is 4.39 Å². The maximum atomic E-state index is 12.6. The average Bonchev–Trinajstić information content (AvgIpc) is 2.53. The van der Waals surface area contributed by atoms with Gasteiger partial charge in [0.2, 0.25) is 0 Å². The number of halogens is 1. The third kappa shape index (κ3) is 4.30. The molecule has 0 aromatic heterocycles. The molecule has 0 saturated carbocycles. The lowest BCUT2D eigenvalue weighted by Gasteiger charge is -2.18. The van der Waals surface area contributed by atoms with Crippen LogP contribution in [0.15, 0.2) is 47.6 Å². The van der Waals surface area contributed by atoms with Crippen molar-refractivity contribution in [1.82, 2.24) is 0 Å². The Kier molecular flexibility index (Phi) is 5.93. The fourth-order valence-electron chi connectivity index (χ4n) is 2.74. The van der Waals surface area contributed by atoms with Gasteiger partial charge in [-0.15, -0.1) is 0 Å². The molecule has 0 amide bonds. The number of hydrogen-bond donors (Lipinski definition) is 0. The molecule has 1 aromatic rings. The molecule has 0 aliphatic heterocycles. The summed E-state index contributed by atoms with van der Waals surface area (Å²) >= 11 is 0. The summed E-state index contributed by atoms with van der Waals surface area (Å²) in [5.74, 6) is 1.14. The summed E-state index contributed by atoms with van der Waals surface area (Å²) in [5, 5.41) is 0. The number of Topliss-reactive ketones (excluding diaryl/α,β-unsaturated/α-hetero) is 1. The lowest BCUT2D eigenvalue weighted by molar-refractivity contribution is -0.114. The summed E-state index contributed by atoms with van der Waals surface area (Å²) in [6, 6.07) is 7.34. The minimum atomic E-state index is -0.515. The van der Waals surface area contributed by atoms with E-state index in [0.29, 0.717) is 18.1 Å². The van der Waals surface area contributed by atoms with Crippen molar-refractivity contribution >= 4 is 5.78 Å². The number of ketones is 1. The number of ether oxygens (including phenoxy) is 1. The number of allylic oxidation sites excluding steroid dienone is 4. The summed E-state index contributed by atoms with van der Waals surface area (Å²) in [6.07, 6.45) is 6.36. The van der Waals surface area contributed by atoms with Gasteiger partial charge in [-0.05, 0) is 36.5 Å². The first-order valence-corrected chi connectivity index (χ1v) is 7.82. The zero-order chi connectivity index (χ0) is 15.9. The number of carbonyl (C=O) groups excluding carboxylic acids is 1. The van der Waals surface area contributed by atoms with E-state index in [4.69, 9.17) is 4.74 Å². The van der Waals surface area contributed by atoms with Gasteiger partial charge in [-0.3, -0.25) is 4.79 Å². The van der Waals surface area contributed by atoms with Gasteiger partial charge in [0, 0.05) is 12.0 Å². The predicted molar refractivity (Wildman–Crippen MR) is 86.9 cm³/mol. The highest BCUT2D eigenvalue weighted by molar-refractivity contribution is 6.00. The van der Waals surface area contributed by atoms with Crippen LogP contribution >= 0.6 is 0 Å². The molecule has 2 nitrogen and oxygen atoms in total. The van der Waals surface area contributed by atoms with Crippen molar-refractivity contribution < 1.29 is 13.9 Å². The lowest BCUT2D eigenvalue weighted by atomic mass is 9.86. The second kappa shape index (κ2) is 7.92. The highest BCUT2D eigenvalue weighted by Crippen LogP contribution is 2.27. The van der Waals surface area contributed by atoms with E-state index in [1.807, 2.05) is 24.3 Å². The summed E-state index contributed by atoms with van der Waals surface area (Å²) < 4.78 is 17.4. The number of benzene rings is 1. The Balaban J connectivity index is 2.13. The summed E-state index contributed by atoms with van der Waals surface area (Å²) in [4.78, 5) is 12.6. The van der Waals surface area contributed by atoms with Crippen molar-refractivity contribution in [3.8, 4) is 5.75 Å². The van der Waals surface area contributed by atoms with Crippen molar-refractivity contribution in [2.24, 2.45) is 5.92 Å². The van der Waals surface area contributed by atoms with Crippen LogP contribution in [0.3, 0.4) is 0 Å².